The third-order valence-electron chi connectivity index (χ3n) is 3.86. The predicted molar refractivity (Wildman–Crippen MR) is 69.2 cm³/mol. The topological polar surface area (TPSA) is 90.2 Å². The molecule has 0 aromatic carbocycles. The number of sulfonamides is 1. The van der Waals surface area contributed by atoms with Crippen molar-refractivity contribution in [1.82, 2.24) is 4.72 Å². The fraction of sp³-hybridized carbons (Fsp3) is 0.917. The maximum atomic E-state index is 11.6. The van der Waals surface area contributed by atoms with Crippen molar-refractivity contribution in [2.45, 2.75) is 56.8 Å². The van der Waals surface area contributed by atoms with Crippen LogP contribution in [0.25, 0.3) is 0 Å². The second-order valence-corrected chi connectivity index (χ2v) is 7.30. The van der Waals surface area contributed by atoms with Gasteiger partial charge in [0, 0.05) is 6.54 Å². The fourth-order valence-corrected chi connectivity index (χ4v) is 3.09. The molecule has 0 aromatic rings. The molecule has 18 heavy (non-hydrogen) atoms. The van der Waals surface area contributed by atoms with E-state index in [0.717, 1.165) is 19.3 Å². The molecular formula is C12H22N2O3S. The number of hydrogen-bond donors (Lipinski definition) is 2. The molecule has 1 aliphatic carbocycles. The van der Waals surface area contributed by atoms with E-state index >= 15 is 0 Å². The Morgan fingerprint density at radius 3 is 2.50 bits per heavy atom. The van der Waals surface area contributed by atoms with E-state index in [4.69, 9.17) is 5.26 Å². The van der Waals surface area contributed by atoms with Crippen LogP contribution in [0.4, 0.5) is 0 Å². The standard InChI is InChI=1S/C12H22N2O3S/c1-3-11-4-6-12(15,7-5-11)9-14-18(16,17)10(2)8-13/h10-11,14-15H,3-7,9H2,1-2H3. The molecule has 5 nitrogen and oxygen atoms in total. The van der Waals surface area contributed by atoms with Gasteiger partial charge in [0.25, 0.3) is 0 Å². The van der Waals surface area contributed by atoms with E-state index in [-0.39, 0.29) is 6.54 Å². The molecule has 0 aromatic heterocycles. The summed E-state index contributed by atoms with van der Waals surface area (Å²) in [7, 11) is -3.64. The van der Waals surface area contributed by atoms with Gasteiger partial charge >= 0.3 is 0 Å². The second-order valence-electron chi connectivity index (χ2n) is 5.21. The van der Waals surface area contributed by atoms with E-state index < -0.39 is 20.9 Å². The quantitative estimate of drug-likeness (QED) is 0.787. The summed E-state index contributed by atoms with van der Waals surface area (Å²) >= 11 is 0. The van der Waals surface area contributed by atoms with Gasteiger partial charge in [0.1, 0.15) is 0 Å². The minimum Gasteiger partial charge on any atom is -0.389 e. The van der Waals surface area contributed by atoms with E-state index in [2.05, 4.69) is 11.6 Å². The van der Waals surface area contributed by atoms with Crippen molar-refractivity contribution in [3.8, 4) is 6.07 Å². The monoisotopic (exact) mass is 274 g/mol. The van der Waals surface area contributed by atoms with Crippen LogP contribution < -0.4 is 4.72 Å². The highest BCUT2D eigenvalue weighted by atomic mass is 32.2. The van der Waals surface area contributed by atoms with E-state index in [1.165, 1.54) is 6.92 Å². The second kappa shape index (κ2) is 6.00. The summed E-state index contributed by atoms with van der Waals surface area (Å²) < 4.78 is 25.6. The Balaban J connectivity index is 2.52. The lowest BCUT2D eigenvalue weighted by molar-refractivity contribution is -0.00444. The molecule has 1 fully saturated rings. The Kier molecular flexibility index (Phi) is 5.14. The maximum absolute atomic E-state index is 11.6. The van der Waals surface area contributed by atoms with E-state index in [0.29, 0.717) is 18.8 Å². The summed E-state index contributed by atoms with van der Waals surface area (Å²) in [5.41, 5.74) is -0.950. The minimum absolute atomic E-state index is 0.0117. The van der Waals surface area contributed by atoms with Crippen LogP contribution in [0, 0.1) is 17.2 Å². The lowest BCUT2D eigenvalue weighted by Crippen LogP contribution is -2.46. The van der Waals surface area contributed by atoms with Gasteiger partial charge in [-0.15, -0.1) is 0 Å². The molecule has 0 spiro atoms. The van der Waals surface area contributed by atoms with Crippen molar-refractivity contribution in [2.75, 3.05) is 6.54 Å². The molecule has 1 aliphatic rings. The molecule has 0 radical (unpaired) electrons. The summed E-state index contributed by atoms with van der Waals surface area (Å²) in [4.78, 5) is 0. The highest BCUT2D eigenvalue weighted by Gasteiger charge is 2.34. The first-order valence-corrected chi connectivity index (χ1v) is 7.98. The molecule has 0 saturated heterocycles. The molecule has 0 amide bonds. The van der Waals surface area contributed by atoms with Crippen molar-refractivity contribution < 1.29 is 13.5 Å². The Morgan fingerprint density at radius 2 is 2.06 bits per heavy atom. The zero-order valence-corrected chi connectivity index (χ0v) is 11.8. The first kappa shape index (κ1) is 15.4. The van der Waals surface area contributed by atoms with Gasteiger partial charge in [-0.2, -0.15) is 5.26 Å². The molecular weight excluding hydrogens is 252 g/mol. The average molecular weight is 274 g/mol. The van der Waals surface area contributed by atoms with Crippen molar-refractivity contribution in [3.63, 3.8) is 0 Å². The fourth-order valence-electron chi connectivity index (χ4n) is 2.23. The van der Waals surface area contributed by atoms with Gasteiger partial charge < -0.3 is 5.11 Å². The molecule has 104 valence electrons. The SMILES string of the molecule is CCC1CCC(O)(CNS(=O)(=O)C(C)C#N)CC1. The Labute approximate surface area is 109 Å². The minimum atomic E-state index is -3.64. The van der Waals surface area contributed by atoms with Crippen molar-refractivity contribution >= 4 is 10.0 Å². The highest BCUT2D eigenvalue weighted by molar-refractivity contribution is 7.90. The molecule has 1 unspecified atom stereocenters. The first-order valence-electron chi connectivity index (χ1n) is 6.43. The van der Waals surface area contributed by atoms with Gasteiger partial charge in [0.05, 0.1) is 11.7 Å². The number of nitriles is 1. The van der Waals surface area contributed by atoms with Crippen LogP contribution in [-0.4, -0.2) is 30.9 Å². The third-order valence-corrected chi connectivity index (χ3v) is 5.45. The predicted octanol–water partition coefficient (Wildman–Crippen LogP) is 1.15. The van der Waals surface area contributed by atoms with Crippen LogP contribution >= 0.6 is 0 Å². The molecule has 1 rings (SSSR count). The van der Waals surface area contributed by atoms with Gasteiger partial charge in [0.2, 0.25) is 10.0 Å². The first-order chi connectivity index (χ1) is 8.33. The number of nitrogens with one attached hydrogen (secondary N) is 1. The van der Waals surface area contributed by atoms with Crippen LogP contribution in [-0.2, 0) is 10.0 Å². The van der Waals surface area contributed by atoms with Crippen molar-refractivity contribution in [2.24, 2.45) is 5.92 Å². The van der Waals surface area contributed by atoms with Crippen LogP contribution in [0.3, 0.4) is 0 Å². The third kappa shape index (κ3) is 3.94. The van der Waals surface area contributed by atoms with Gasteiger partial charge in [-0.05, 0) is 38.5 Å². The number of hydrogen-bond acceptors (Lipinski definition) is 4. The van der Waals surface area contributed by atoms with Crippen LogP contribution in [0.5, 0.6) is 0 Å². The number of aliphatic hydroxyl groups is 1. The number of nitrogens with zero attached hydrogens (tertiary/aromatic N) is 1. The van der Waals surface area contributed by atoms with Crippen LogP contribution in [0.2, 0.25) is 0 Å². The molecule has 1 saturated carbocycles. The van der Waals surface area contributed by atoms with E-state index in [1.54, 1.807) is 6.07 Å². The van der Waals surface area contributed by atoms with Gasteiger partial charge in [-0.25, -0.2) is 13.1 Å². The summed E-state index contributed by atoms with van der Waals surface area (Å²) in [6.45, 7) is 3.48. The normalized spacial score (nSPS) is 30.7. The van der Waals surface area contributed by atoms with E-state index in [1.807, 2.05) is 0 Å². The van der Waals surface area contributed by atoms with E-state index in [9.17, 15) is 13.5 Å². The Morgan fingerprint density at radius 1 is 1.50 bits per heavy atom. The summed E-state index contributed by atoms with van der Waals surface area (Å²) in [6.07, 6.45) is 4.21. The maximum Gasteiger partial charge on any atom is 0.227 e. The summed E-state index contributed by atoms with van der Waals surface area (Å²) in [6, 6.07) is 1.69. The van der Waals surface area contributed by atoms with Gasteiger partial charge in [0.15, 0.2) is 5.25 Å². The molecule has 6 heteroatoms. The average Bonchev–Trinajstić information content (AvgIpc) is 2.36. The van der Waals surface area contributed by atoms with Crippen LogP contribution in [0.15, 0.2) is 0 Å². The molecule has 0 aliphatic heterocycles. The van der Waals surface area contributed by atoms with Crippen molar-refractivity contribution in [3.05, 3.63) is 0 Å². The largest absolute Gasteiger partial charge is 0.389 e. The van der Waals surface area contributed by atoms with Crippen LogP contribution in [0.1, 0.15) is 46.0 Å². The lowest BCUT2D eigenvalue weighted by atomic mass is 9.78. The van der Waals surface area contributed by atoms with Gasteiger partial charge in [-0.3, -0.25) is 0 Å². The molecule has 0 bridgehead atoms. The molecule has 0 heterocycles. The lowest BCUT2D eigenvalue weighted by Gasteiger charge is -2.35. The molecule has 1 atom stereocenters. The Hall–Kier alpha value is -0.640. The van der Waals surface area contributed by atoms with Crippen molar-refractivity contribution in [1.29, 1.82) is 5.26 Å². The zero-order valence-electron chi connectivity index (χ0n) is 11.0. The summed E-state index contributed by atoms with van der Waals surface area (Å²) in [5.74, 6) is 0.639. The summed E-state index contributed by atoms with van der Waals surface area (Å²) in [5, 5.41) is 17.8. The highest BCUT2D eigenvalue weighted by Crippen LogP contribution is 2.33. The smallest absolute Gasteiger partial charge is 0.227 e. The zero-order chi connectivity index (χ0) is 13.8. The van der Waals surface area contributed by atoms with Gasteiger partial charge in [-0.1, -0.05) is 13.3 Å². The Bertz CT molecular complexity index is 406. The molecule has 2 N–H and O–H groups in total. The number of rotatable bonds is 5.